The fourth-order valence-corrected chi connectivity index (χ4v) is 5.79. The van der Waals surface area contributed by atoms with E-state index in [1.54, 1.807) is 0 Å². The zero-order valence-corrected chi connectivity index (χ0v) is 16.7. The second-order valence-corrected chi connectivity index (χ2v) is 9.48. The Morgan fingerprint density at radius 1 is 1.10 bits per heavy atom. The highest BCUT2D eigenvalue weighted by Crippen LogP contribution is 2.37. The fraction of sp³-hybridized carbons (Fsp3) is 0.526. The standard InChI is InChI=1S/C19H22FN5O3S/c20-13-6-3-9-25-18(13)16(10-21-25)29(27,28)24-19(26)23-17-11-4-1-7-14(11)22-15-8-2-5-12(15)17/h10,13H,1-9H2,(H2,22,23,24,26). The molecule has 1 atom stereocenters. The van der Waals surface area contributed by atoms with E-state index in [0.29, 0.717) is 18.7 Å². The highest BCUT2D eigenvalue weighted by atomic mass is 32.2. The molecule has 0 saturated carbocycles. The van der Waals surface area contributed by atoms with Gasteiger partial charge < -0.3 is 5.32 Å². The summed E-state index contributed by atoms with van der Waals surface area (Å²) in [5.74, 6) is 0. The van der Waals surface area contributed by atoms with E-state index < -0.39 is 22.2 Å². The molecule has 0 spiro atoms. The van der Waals surface area contributed by atoms with Gasteiger partial charge in [0.1, 0.15) is 11.1 Å². The second kappa shape index (κ2) is 6.79. The van der Waals surface area contributed by atoms with Crippen molar-refractivity contribution in [3.05, 3.63) is 34.4 Å². The van der Waals surface area contributed by atoms with Crippen molar-refractivity contribution in [1.82, 2.24) is 19.5 Å². The lowest BCUT2D eigenvalue weighted by molar-refractivity contribution is 0.253. The monoisotopic (exact) mass is 419 g/mol. The van der Waals surface area contributed by atoms with E-state index in [0.717, 1.165) is 67.2 Å². The molecule has 1 aliphatic heterocycles. The number of carbonyl (C=O) groups excluding carboxylic acids is 1. The summed E-state index contributed by atoms with van der Waals surface area (Å²) in [6.07, 6.45) is 5.88. The number of carbonyl (C=O) groups is 1. The molecule has 2 aromatic rings. The summed E-state index contributed by atoms with van der Waals surface area (Å²) in [5.41, 5.74) is 4.72. The van der Waals surface area contributed by atoms with E-state index in [4.69, 9.17) is 4.98 Å². The summed E-state index contributed by atoms with van der Waals surface area (Å²) >= 11 is 0. The van der Waals surface area contributed by atoms with Gasteiger partial charge >= 0.3 is 6.03 Å². The molecule has 2 aliphatic carbocycles. The number of rotatable bonds is 3. The smallest absolute Gasteiger partial charge is 0.306 e. The molecule has 2 aromatic heterocycles. The number of hydrogen-bond donors (Lipinski definition) is 2. The van der Waals surface area contributed by atoms with Gasteiger partial charge in [0.25, 0.3) is 10.0 Å². The van der Waals surface area contributed by atoms with Crippen molar-refractivity contribution in [1.29, 1.82) is 0 Å². The van der Waals surface area contributed by atoms with Crippen molar-refractivity contribution in [3.8, 4) is 0 Å². The molecule has 0 radical (unpaired) electrons. The minimum absolute atomic E-state index is 0.0160. The average molecular weight is 419 g/mol. The van der Waals surface area contributed by atoms with Crippen LogP contribution >= 0.6 is 0 Å². The van der Waals surface area contributed by atoms with Gasteiger partial charge in [-0.25, -0.2) is 22.3 Å². The van der Waals surface area contributed by atoms with E-state index in [9.17, 15) is 17.6 Å². The van der Waals surface area contributed by atoms with E-state index in [2.05, 4.69) is 10.4 Å². The Kier molecular flexibility index (Phi) is 4.34. The van der Waals surface area contributed by atoms with Crippen LogP contribution in [0.3, 0.4) is 0 Å². The number of nitrogens with one attached hydrogen (secondary N) is 2. The van der Waals surface area contributed by atoms with Crippen LogP contribution < -0.4 is 10.0 Å². The Morgan fingerprint density at radius 2 is 1.79 bits per heavy atom. The van der Waals surface area contributed by atoms with Gasteiger partial charge in [-0.05, 0) is 62.5 Å². The summed E-state index contributed by atoms with van der Waals surface area (Å²) in [5, 5.41) is 6.74. The van der Waals surface area contributed by atoms with Crippen molar-refractivity contribution in [2.75, 3.05) is 5.32 Å². The first-order valence-corrected chi connectivity index (χ1v) is 11.5. The van der Waals surface area contributed by atoms with Gasteiger partial charge in [0, 0.05) is 17.9 Å². The Morgan fingerprint density at radius 3 is 2.48 bits per heavy atom. The van der Waals surface area contributed by atoms with Gasteiger partial charge in [0.2, 0.25) is 0 Å². The lowest BCUT2D eigenvalue weighted by Crippen LogP contribution is -2.35. The molecule has 0 bridgehead atoms. The number of nitrogens with zero attached hydrogens (tertiary/aromatic N) is 3. The number of aromatic nitrogens is 3. The minimum Gasteiger partial charge on any atom is -0.306 e. The molecule has 3 heterocycles. The lowest BCUT2D eigenvalue weighted by atomic mass is 10.1. The maximum Gasteiger partial charge on any atom is 0.333 e. The Labute approximate surface area is 167 Å². The number of sulfonamides is 1. The van der Waals surface area contributed by atoms with Gasteiger partial charge in [-0.3, -0.25) is 9.67 Å². The molecule has 2 N–H and O–H groups in total. The van der Waals surface area contributed by atoms with Crippen molar-refractivity contribution < 1.29 is 17.6 Å². The zero-order valence-electron chi connectivity index (χ0n) is 15.9. The summed E-state index contributed by atoms with van der Waals surface area (Å²) in [6.45, 7) is 0.465. The molecule has 154 valence electrons. The molecule has 0 saturated heterocycles. The maximum absolute atomic E-state index is 14.3. The number of anilines is 1. The predicted octanol–water partition coefficient (Wildman–Crippen LogP) is 2.57. The molecule has 5 rings (SSSR count). The Hall–Kier alpha value is -2.49. The average Bonchev–Trinajstić information content (AvgIpc) is 3.40. The van der Waals surface area contributed by atoms with Crippen LogP contribution in [0.4, 0.5) is 14.9 Å². The van der Waals surface area contributed by atoms with Gasteiger partial charge in [-0.2, -0.15) is 5.10 Å². The van der Waals surface area contributed by atoms with Crippen LogP contribution in [-0.2, 0) is 42.3 Å². The van der Waals surface area contributed by atoms with E-state index in [-0.39, 0.29) is 17.0 Å². The van der Waals surface area contributed by atoms with Crippen molar-refractivity contribution in [2.45, 2.75) is 69.0 Å². The Balaban J connectivity index is 1.42. The molecule has 2 amide bonds. The van der Waals surface area contributed by atoms with Crippen LogP contribution in [0.15, 0.2) is 11.1 Å². The number of fused-ring (bicyclic) bond motifs is 3. The first-order chi connectivity index (χ1) is 13.9. The predicted molar refractivity (Wildman–Crippen MR) is 103 cm³/mol. The van der Waals surface area contributed by atoms with E-state index in [1.807, 2.05) is 4.72 Å². The van der Waals surface area contributed by atoms with Crippen molar-refractivity contribution >= 4 is 21.7 Å². The molecule has 3 aliphatic rings. The lowest BCUT2D eigenvalue weighted by Gasteiger charge is -2.19. The normalized spacial score (nSPS) is 20.1. The van der Waals surface area contributed by atoms with Crippen LogP contribution in [0.5, 0.6) is 0 Å². The largest absolute Gasteiger partial charge is 0.333 e. The zero-order chi connectivity index (χ0) is 20.2. The molecule has 10 heteroatoms. The second-order valence-electron chi connectivity index (χ2n) is 7.83. The number of pyridine rings is 1. The van der Waals surface area contributed by atoms with E-state index in [1.165, 1.54) is 4.68 Å². The molecule has 1 unspecified atom stereocenters. The summed E-state index contributed by atoms with van der Waals surface area (Å²) < 4.78 is 43.3. The van der Waals surface area contributed by atoms with Crippen LogP contribution in [0.1, 0.15) is 60.1 Å². The molecule has 0 fully saturated rings. The third-order valence-corrected chi connectivity index (χ3v) is 7.32. The summed E-state index contributed by atoms with van der Waals surface area (Å²) in [4.78, 5) is 17.1. The van der Waals surface area contributed by atoms with Gasteiger partial charge in [0.05, 0.1) is 17.6 Å². The molecular formula is C19H22FN5O3S. The first kappa shape index (κ1) is 18.5. The Bertz CT molecular complexity index is 1080. The SMILES string of the molecule is O=C(Nc1c2c(nc3c1CCC3)CCC2)NS(=O)(=O)c1cnn2c1C(F)CCC2. The highest BCUT2D eigenvalue weighted by molar-refractivity contribution is 7.90. The quantitative estimate of drug-likeness (QED) is 0.795. The van der Waals surface area contributed by atoms with Crippen molar-refractivity contribution in [3.63, 3.8) is 0 Å². The summed E-state index contributed by atoms with van der Waals surface area (Å²) in [6, 6.07) is -0.842. The number of amides is 2. The molecule has 29 heavy (non-hydrogen) atoms. The third-order valence-electron chi connectivity index (χ3n) is 5.98. The molecule has 8 nitrogen and oxygen atoms in total. The fourth-order valence-electron chi connectivity index (χ4n) is 4.69. The third kappa shape index (κ3) is 3.09. The van der Waals surface area contributed by atoms with Gasteiger partial charge in [-0.1, -0.05) is 0 Å². The maximum atomic E-state index is 14.3. The van der Waals surface area contributed by atoms with Crippen LogP contribution in [0, 0.1) is 0 Å². The van der Waals surface area contributed by atoms with Crippen LogP contribution in [0.25, 0.3) is 0 Å². The highest BCUT2D eigenvalue weighted by Gasteiger charge is 2.33. The number of alkyl halides is 1. The number of urea groups is 1. The van der Waals surface area contributed by atoms with Gasteiger partial charge in [-0.15, -0.1) is 0 Å². The van der Waals surface area contributed by atoms with Crippen molar-refractivity contribution in [2.24, 2.45) is 0 Å². The molecular weight excluding hydrogens is 397 g/mol. The number of halogens is 1. The van der Waals surface area contributed by atoms with Crippen LogP contribution in [0.2, 0.25) is 0 Å². The summed E-state index contributed by atoms with van der Waals surface area (Å²) in [7, 11) is -4.24. The topological polar surface area (TPSA) is 106 Å². The number of hydrogen-bond acceptors (Lipinski definition) is 5. The molecule has 0 aromatic carbocycles. The first-order valence-electron chi connectivity index (χ1n) is 10.0. The minimum atomic E-state index is -4.24. The van der Waals surface area contributed by atoms with Gasteiger partial charge in [0.15, 0.2) is 0 Å². The van der Waals surface area contributed by atoms with E-state index >= 15 is 0 Å². The van der Waals surface area contributed by atoms with Crippen LogP contribution in [-0.4, -0.2) is 29.2 Å². The number of aryl methyl sites for hydroxylation is 3.